The van der Waals surface area contributed by atoms with Gasteiger partial charge in [-0.05, 0) is 31.7 Å². The van der Waals surface area contributed by atoms with Gasteiger partial charge in [0.05, 0.1) is 18.0 Å². The van der Waals surface area contributed by atoms with Gasteiger partial charge in [0.1, 0.15) is 5.01 Å². The monoisotopic (exact) mass is 435 g/mol. The second-order valence-corrected chi connectivity index (χ2v) is 8.36. The third-order valence-electron chi connectivity index (χ3n) is 3.49. The molecule has 1 aromatic carbocycles. The standard InChI is InChI=1S/C16H20F3N5O2S2/c1-3-21-15(23-9-14-24-13(10-27-14)16(17,18)19)22-8-11-5-4-6-12(7-11)28(25,26)20-2/h4-7,10,20H,3,8-9H2,1-2H3,(H2,21,22,23). The molecule has 0 aliphatic rings. The topological polar surface area (TPSA) is 95.5 Å². The van der Waals surface area contributed by atoms with Crippen molar-refractivity contribution < 1.29 is 21.6 Å². The maximum atomic E-state index is 12.6. The molecule has 0 bridgehead atoms. The predicted octanol–water partition coefficient (Wildman–Crippen LogP) is 2.33. The summed E-state index contributed by atoms with van der Waals surface area (Å²) < 4.78 is 63.8. The quantitative estimate of drug-likeness (QED) is 0.458. The van der Waals surface area contributed by atoms with Gasteiger partial charge in [0.25, 0.3) is 0 Å². The Balaban J connectivity index is 2.06. The molecular formula is C16H20F3N5O2S2. The molecule has 7 nitrogen and oxygen atoms in total. The summed E-state index contributed by atoms with van der Waals surface area (Å²) in [5.41, 5.74) is -0.249. The highest BCUT2D eigenvalue weighted by Crippen LogP contribution is 2.29. The molecule has 28 heavy (non-hydrogen) atoms. The molecular weight excluding hydrogens is 415 g/mol. The van der Waals surface area contributed by atoms with Gasteiger partial charge >= 0.3 is 6.18 Å². The van der Waals surface area contributed by atoms with Crippen LogP contribution in [0.5, 0.6) is 0 Å². The Labute approximate surface area is 165 Å². The highest BCUT2D eigenvalue weighted by molar-refractivity contribution is 7.89. The first-order valence-electron chi connectivity index (χ1n) is 8.22. The van der Waals surface area contributed by atoms with E-state index in [-0.39, 0.29) is 23.0 Å². The van der Waals surface area contributed by atoms with Gasteiger partial charge in [-0.1, -0.05) is 12.1 Å². The van der Waals surface area contributed by atoms with Crippen molar-refractivity contribution in [3.05, 3.63) is 45.9 Å². The zero-order chi connectivity index (χ0) is 20.8. The molecule has 0 saturated carbocycles. The number of hydrogen-bond acceptors (Lipinski definition) is 5. The molecule has 0 aliphatic carbocycles. The molecule has 3 N–H and O–H groups in total. The Hall–Kier alpha value is -2.18. The Morgan fingerprint density at radius 1 is 1.29 bits per heavy atom. The Bertz CT molecular complexity index is 926. The number of guanidine groups is 1. The number of sulfonamides is 1. The van der Waals surface area contributed by atoms with Crippen LogP contribution in [-0.2, 0) is 29.3 Å². The first-order valence-corrected chi connectivity index (χ1v) is 10.6. The van der Waals surface area contributed by atoms with Crippen molar-refractivity contribution in [3.8, 4) is 0 Å². The largest absolute Gasteiger partial charge is 0.434 e. The molecule has 0 amide bonds. The number of thiazole rings is 1. The van der Waals surface area contributed by atoms with Gasteiger partial charge in [0.15, 0.2) is 11.7 Å². The molecule has 154 valence electrons. The van der Waals surface area contributed by atoms with Crippen molar-refractivity contribution >= 4 is 27.3 Å². The molecule has 12 heteroatoms. The minimum absolute atomic E-state index is 0.0841. The number of nitrogens with zero attached hydrogens (tertiary/aromatic N) is 2. The lowest BCUT2D eigenvalue weighted by Gasteiger charge is -2.10. The van der Waals surface area contributed by atoms with Crippen LogP contribution in [0.3, 0.4) is 0 Å². The summed E-state index contributed by atoms with van der Waals surface area (Å²) in [7, 11) is -2.22. The number of nitrogens with one attached hydrogen (secondary N) is 3. The maximum Gasteiger partial charge on any atom is 0.434 e. The summed E-state index contributed by atoms with van der Waals surface area (Å²) >= 11 is 0.908. The number of aliphatic imine (C=N–C) groups is 1. The van der Waals surface area contributed by atoms with Crippen LogP contribution in [0.2, 0.25) is 0 Å². The molecule has 0 unspecified atom stereocenters. The smallest absolute Gasteiger partial charge is 0.357 e. The van der Waals surface area contributed by atoms with E-state index >= 15 is 0 Å². The Kier molecular flexibility index (Phi) is 7.38. The van der Waals surface area contributed by atoms with Crippen LogP contribution >= 0.6 is 11.3 Å². The van der Waals surface area contributed by atoms with Gasteiger partial charge in [0.2, 0.25) is 10.0 Å². The highest BCUT2D eigenvalue weighted by Gasteiger charge is 2.33. The highest BCUT2D eigenvalue weighted by atomic mass is 32.2. The fourth-order valence-corrected chi connectivity index (χ4v) is 3.66. The van der Waals surface area contributed by atoms with Crippen LogP contribution < -0.4 is 15.4 Å². The summed E-state index contributed by atoms with van der Waals surface area (Å²) in [5.74, 6) is 0.383. The molecule has 0 fully saturated rings. The molecule has 0 radical (unpaired) electrons. The van der Waals surface area contributed by atoms with E-state index in [1.54, 1.807) is 12.1 Å². The van der Waals surface area contributed by atoms with E-state index in [2.05, 4.69) is 25.3 Å². The lowest BCUT2D eigenvalue weighted by molar-refractivity contribution is -0.140. The van der Waals surface area contributed by atoms with Crippen LogP contribution in [0.15, 0.2) is 39.5 Å². The van der Waals surface area contributed by atoms with E-state index < -0.39 is 21.9 Å². The number of halogens is 3. The third-order valence-corrected chi connectivity index (χ3v) is 5.75. The van der Waals surface area contributed by atoms with E-state index in [9.17, 15) is 21.6 Å². The molecule has 0 spiro atoms. The van der Waals surface area contributed by atoms with Gasteiger partial charge in [-0.2, -0.15) is 13.2 Å². The van der Waals surface area contributed by atoms with E-state index in [4.69, 9.17) is 0 Å². The van der Waals surface area contributed by atoms with Gasteiger partial charge in [-0.25, -0.2) is 23.1 Å². The average molecular weight is 435 g/mol. The second kappa shape index (κ2) is 9.34. The number of hydrogen-bond donors (Lipinski definition) is 3. The Morgan fingerprint density at radius 2 is 2.04 bits per heavy atom. The molecule has 0 saturated heterocycles. The summed E-state index contributed by atoms with van der Waals surface area (Å²) in [6.07, 6.45) is -4.47. The van der Waals surface area contributed by atoms with E-state index in [0.29, 0.717) is 18.1 Å². The molecule has 1 heterocycles. The van der Waals surface area contributed by atoms with E-state index in [1.165, 1.54) is 19.2 Å². The average Bonchev–Trinajstić information content (AvgIpc) is 3.14. The molecule has 1 aromatic heterocycles. The van der Waals surface area contributed by atoms with Crippen LogP contribution in [0.25, 0.3) is 0 Å². The zero-order valence-electron chi connectivity index (χ0n) is 15.2. The van der Waals surface area contributed by atoms with Crippen molar-refractivity contribution in [3.63, 3.8) is 0 Å². The van der Waals surface area contributed by atoms with Crippen LogP contribution in [0.4, 0.5) is 13.2 Å². The zero-order valence-corrected chi connectivity index (χ0v) is 16.8. The van der Waals surface area contributed by atoms with Gasteiger partial charge in [-0.3, -0.25) is 0 Å². The SMILES string of the molecule is CCNC(=NCc1cccc(S(=O)(=O)NC)c1)NCc1nc(C(F)(F)F)cs1. The van der Waals surface area contributed by atoms with Crippen molar-refractivity contribution in [2.24, 2.45) is 4.99 Å². The number of rotatable bonds is 7. The van der Waals surface area contributed by atoms with Gasteiger partial charge in [-0.15, -0.1) is 11.3 Å². The van der Waals surface area contributed by atoms with Crippen LogP contribution in [0.1, 0.15) is 23.2 Å². The summed E-state index contributed by atoms with van der Waals surface area (Å²) in [5, 5.41) is 7.14. The number of alkyl halides is 3. The van der Waals surface area contributed by atoms with Crippen molar-refractivity contribution in [1.82, 2.24) is 20.3 Å². The lowest BCUT2D eigenvalue weighted by atomic mass is 10.2. The minimum Gasteiger partial charge on any atom is -0.357 e. The van der Waals surface area contributed by atoms with Crippen LogP contribution in [-0.4, -0.2) is 33.0 Å². The fraction of sp³-hybridized carbons (Fsp3) is 0.375. The van der Waals surface area contributed by atoms with Crippen molar-refractivity contribution in [2.75, 3.05) is 13.6 Å². The van der Waals surface area contributed by atoms with Crippen LogP contribution in [0, 0.1) is 0 Å². The number of aromatic nitrogens is 1. The number of benzene rings is 1. The molecule has 0 aliphatic heterocycles. The Morgan fingerprint density at radius 3 is 2.64 bits per heavy atom. The first-order chi connectivity index (χ1) is 13.2. The maximum absolute atomic E-state index is 12.6. The predicted molar refractivity (Wildman–Crippen MR) is 101 cm³/mol. The minimum atomic E-state index is -4.47. The summed E-state index contributed by atoms with van der Waals surface area (Å²) in [6.45, 7) is 2.67. The van der Waals surface area contributed by atoms with Gasteiger partial charge in [0, 0.05) is 11.9 Å². The molecule has 2 rings (SSSR count). The van der Waals surface area contributed by atoms with E-state index in [0.717, 1.165) is 16.7 Å². The second-order valence-electron chi connectivity index (χ2n) is 5.53. The molecule has 2 aromatic rings. The van der Waals surface area contributed by atoms with Crippen molar-refractivity contribution in [2.45, 2.75) is 31.1 Å². The fourth-order valence-electron chi connectivity index (χ4n) is 2.12. The first kappa shape index (κ1) is 22.1. The van der Waals surface area contributed by atoms with E-state index in [1.807, 2.05) is 6.92 Å². The van der Waals surface area contributed by atoms with Gasteiger partial charge < -0.3 is 10.6 Å². The third kappa shape index (κ3) is 6.17. The molecule has 0 atom stereocenters. The summed E-state index contributed by atoms with van der Waals surface area (Å²) in [4.78, 5) is 8.02. The normalized spacial score (nSPS) is 12.8. The lowest BCUT2D eigenvalue weighted by Crippen LogP contribution is -2.36. The van der Waals surface area contributed by atoms with Crippen molar-refractivity contribution in [1.29, 1.82) is 0 Å². The summed E-state index contributed by atoms with van der Waals surface area (Å²) in [6, 6.07) is 6.33.